The van der Waals surface area contributed by atoms with Crippen LogP contribution in [0.2, 0.25) is 5.02 Å². The van der Waals surface area contributed by atoms with Crippen LogP contribution in [0, 0.1) is 5.92 Å². The van der Waals surface area contributed by atoms with Gasteiger partial charge in [-0.1, -0.05) is 43.6 Å². The van der Waals surface area contributed by atoms with Crippen molar-refractivity contribution in [3.63, 3.8) is 0 Å². The van der Waals surface area contributed by atoms with Gasteiger partial charge in [-0.2, -0.15) is 9.78 Å². The fraction of sp³-hybridized carbons (Fsp3) is 0.273. The Morgan fingerprint density at radius 3 is 2.42 bits per heavy atom. The third-order valence-electron chi connectivity index (χ3n) is 4.75. The minimum Gasteiger partial charge on any atom is -0.485 e. The minimum absolute atomic E-state index is 0.00165. The molecule has 1 aromatic heterocycles. The molecule has 0 amide bonds. The monoisotopic (exact) mass is 462 g/mol. The molecule has 1 N–H and O–H groups in total. The molecule has 0 spiro atoms. The zero-order chi connectivity index (χ0) is 22.8. The maximum Gasteiger partial charge on any atom is 0.314 e. The van der Waals surface area contributed by atoms with Crippen LogP contribution in [0.15, 0.2) is 64.4 Å². The molecule has 31 heavy (non-hydrogen) atoms. The van der Waals surface area contributed by atoms with E-state index in [0.717, 1.165) is 10.9 Å². The molecule has 1 heterocycles. The molecule has 0 aliphatic rings. The predicted octanol–water partition coefficient (Wildman–Crippen LogP) is 3.35. The first-order valence-electron chi connectivity index (χ1n) is 9.57. The van der Waals surface area contributed by atoms with Crippen molar-refractivity contribution in [1.82, 2.24) is 9.78 Å². The smallest absolute Gasteiger partial charge is 0.314 e. The summed E-state index contributed by atoms with van der Waals surface area (Å²) in [5.74, 6) is -0.0590. The molecule has 1 atom stereocenters. The summed E-state index contributed by atoms with van der Waals surface area (Å²) in [6, 6.07) is 12.8. The highest BCUT2D eigenvalue weighted by molar-refractivity contribution is 7.90. The number of ether oxygens (including phenoxy) is 1. The Morgan fingerprint density at radius 2 is 1.84 bits per heavy atom. The van der Waals surface area contributed by atoms with Gasteiger partial charge in [-0.05, 0) is 41.8 Å². The largest absolute Gasteiger partial charge is 0.485 e. The fourth-order valence-electron chi connectivity index (χ4n) is 2.82. The summed E-state index contributed by atoms with van der Waals surface area (Å²) in [5.41, 5.74) is 0.886. The Morgan fingerprint density at radius 1 is 1.16 bits per heavy atom. The van der Waals surface area contributed by atoms with Crippen molar-refractivity contribution in [2.24, 2.45) is 5.92 Å². The number of aliphatic hydroxyl groups excluding tert-OH is 1. The number of halogens is 1. The zero-order valence-electron chi connectivity index (χ0n) is 17.3. The second-order valence-electron chi connectivity index (χ2n) is 7.50. The van der Waals surface area contributed by atoms with Gasteiger partial charge in [0.1, 0.15) is 6.61 Å². The van der Waals surface area contributed by atoms with Crippen molar-refractivity contribution in [3.8, 4) is 22.6 Å². The summed E-state index contributed by atoms with van der Waals surface area (Å²) in [6.45, 7) is 3.60. The van der Waals surface area contributed by atoms with E-state index in [1.165, 1.54) is 18.3 Å². The second kappa shape index (κ2) is 9.21. The first-order chi connectivity index (χ1) is 14.6. The highest BCUT2D eigenvalue weighted by Crippen LogP contribution is 2.28. The average molecular weight is 463 g/mol. The topological polar surface area (TPSA) is 98.5 Å². The summed E-state index contributed by atoms with van der Waals surface area (Å²) in [6.07, 6.45) is 1.82. The Labute approximate surface area is 185 Å². The van der Waals surface area contributed by atoms with Crippen LogP contribution >= 0.6 is 11.6 Å². The molecule has 0 saturated heterocycles. The van der Waals surface area contributed by atoms with Gasteiger partial charge in [0.15, 0.2) is 15.6 Å². The number of aliphatic hydroxyl groups is 1. The maximum atomic E-state index is 13.2. The molecule has 0 aliphatic heterocycles. The van der Waals surface area contributed by atoms with E-state index in [0.29, 0.717) is 21.8 Å². The number of nitrogens with zero attached hydrogens (tertiary/aromatic N) is 2. The van der Waals surface area contributed by atoms with Gasteiger partial charge in [0, 0.05) is 16.8 Å². The van der Waals surface area contributed by atoms with Crippen LogP contribution < -0.4 is 10.3 Å². The minimum atomic E-state index is -3.36. The third kappa shape index (κ3) is 5.33. The van der Waals surface area contributed by atoms with E-state index >= 15 is 0 Å². The SMILES string of the molecule is CC(C)[C@@H](O)COc1c(-c2ccc(S(C)(=O)=O)cc2)cnn(-c2cccc(Cl)c2)c1=O. The molecule has 3 aromatic rings. The highest BCUT2D eigenvalue weighted by atomic mass is 35.5. The molecule has 0 radical (unpaired) electrons. The van der Waals surface area contributed by atoms with Gasteiger partial charge >= 0.3 is 5.56 Å². The summed E-state index contributed by atoms with van der Waals surface area (Å²) >= 11 is 6.05. The van der Waals surface area contributed by atoms with Gasteiger partial charge in [0.25, 0.3) is 0 Å². The molecule has 7 nitrogen and oxygen atoms in total. The van der Waals surface area contributed by atoms with E-state index in [2.05, 4.69) is 5.10 Å². The van der Waals surface area contributed by atoms with Gasteiger partial charge in [-0.25, -0.2) is 8.42 Å². The van der Waals surface area contributed by atoms with Crippen LogP contribution in [-0.4, -0.2) is 42.3 Å². The molecule has 0 saturated carbocycles. The molecule has 2 aromatic carbocycles. The Kier molecular flexibility index (Phi) is 6.83. The van der Waals surface area contributed by atoms with E-state index in [4.69, 9.17) is 16.3 Å². The molecule has 0 aliphatic carbocycles. The average Bonchev–Trinajstić information content (AvgIpc) is 2.71. The van der Waals surface area contributed by atoms with E-state index < -0.39 is 21.5 Å². The zero-order valence-corrected chi connectivity index (χ0v) is 18.9. The van der Waals surface area contributed by atoms with Crippen LogP contribution in [0.5, 0.6) is 5.75 Å². The molecule has 0 fully saturated rings. The number of hydrogen-bond acceptors (Lipinski definition) is 6. The van der Waals surface area contributed by atoms with E-state index in [-0.39, 0.29) is 23.2 Å². The van der Waals surface area contributed by atoms with Gasteiger partial charge in [0.2, 0.25) is 0 Å². The molecule has 3 rings (SSSR count). The molecule has 9 heteroatoms. The Balaban J connectivity index is 2.11. The van der Waals surface area contributed by atoms with Gasteiger partial charge in [0.05, 0.1) is 22.9 Å². The lowest BCUT2D eigenvalue weighted by Crippen LogP contribution is -2.28. The van der Waals surface area contributed by atoms with Crippen LogP contribution in [0.3, 0.4) is 0 Å². The summed E-state index contributed by atoms with van der Waals surface area (Å²) in [4.78, 5) is 13.4. The molecule has 0 bridgehead atoms. The molecular weight excluding hydrogens is 440 g/mol. The van der Waals surface area contributed by atoms with Crippen molar-refractivity contribution >= 4 is 21.4 Å². The van der Waals surface area contributed by atoms with Crippen molar-refractivity contribution < 1.29 is 18.3 Å². The Hall–Kier alpha value is -2.68. The first-order valence-corrected chi connectivity index (χ1v) is 11.8. The van der Waals surface area contributed by atoms with Crippen molar-refractivity contribution in [3.05, 3.63) is 70.1 Å². The van der Waals surface area contributed by atoms with E-state index in [1.807, 2.05) is 13.8 Å². The first kappa shape index (κ1) is 23.0. The normalized spacial score (nSPS) is 12.7. The number of hydrogen-bond donors (Lipinski definition) is 1. The predicted molar refractivity (Wildman–Crippen MR) is 120 cm³/mol. The Bertz CT molecular complexity index is 1240. The second-order valence-corrected chi connectivity index (χ2v) is 9.96. The maximum absolute atomic E-state index is 13.2. The lowest BCUT2D eigenvalue weighted by molar-refractivity contribution is 0.0695. The standard InChI is InChI=1S/C22H23ClN2O5S/c1-14(2)20(26)13-30-21-19(15-7-9-18(10-8-15)31(3,28)29)12-24-25(22(21)27)17-6-4-5-16(23)11-17/h4-12,14,20,26H,13H2,1-3H3/t20-/m0/s1. The quantitative estimate of drug-likeness (QED) is 0.578. The number of aromatic nitrogens is 2. The van der Waals surface area contributed by atoms with Crippen LogP contribution in [0.1, 0.15) is 13.8 Å². The molecule has 164 valence electrons. The van der Waals surface area contributed by atoms with Gasteiger partial charge in [-0.15, -0.1) is 0 Å². The van der Waals surface area contributed by atoms with Crippen LogP contribution in [0.4, 0.5) is 0 Å². The number of rotatable bonds is 7. The fourth-order valence-corrected chi connectivity index (χ4v) is 3.63. The van der Waals surface area contributed by atoms with Crippen molar-refractivity contribution in [1.29, 1.82) is 0 Å². The summed E-state index contributed by atoms with van der Waals surface area (Å²) in [5, 5.41) is 14.8. The van der Waals surface area contributed by atoms with Crippen LogP contribution in [-0.2, 0) is 9.84 Å². The van der Waals surface area contributed by atoms with Crippen molar-refractivity contribution in [2.75, 3.05) is 12.9 Å². The number of benzene rings is 2. The molecular formula is C22H23ClN2O5S. The lowest BCUT2D eigenvalue weighted by atomic mass is 10.1. The third-order valence-corrected chi connectivity index (χ3v) is 6.11. The van der Waals surface area contributed by atoms with E-state index in [9.17, 15) is 18.3 Å². The number of sulfone groups is 1. The lowest BCUT2D eigenvalue weighted by Gasteiger charge is -2.18. The molecule has 0 unspecified atom stereocenters. The highest BCUT2D eigenvalue weighted by Gasteiger charge is 2.19. The van der Waals surface area contributed by atoms with Crippen molar-refractivity contribution in [2.45, 2.75) is 24.8 Å². The summed E-state index contributed by atoms with van der Waals surface area (Å²) < 4.78 is 30.4. The van der Waals surface area contributed by atoms with Gasteiger partial charge in [-0.3, -0.25) is 4.79 Å². The van der Waals surface area contributed by atoms with Gasteiger partial charge < -0.3 is 9.84 Å². The summed E-state index contributed by atoms with van der Waals surface area (Å²) in [7, 11) is -3.36. The van der Waals surface area contributed by atoms with E-state index in [1.54, 1.807) is 36.4 Å². The van der Waals surface area contributed by atoms with Crippen LogP contribution in [0.25, 0.3) is 16.8 Å².